The quantitative estimate of drug-likeness (QED) is 0.850. The fourth-order valence-electron chi connectivity index (χ4n) is 1.28. The van der Waals surface area contributed by atoms with Crippen LogP contribution in [0.2, 0.25) is 5.02 Å². The van der Waals surface area contributed by atoms with Crippen molar-refractivity contribution in [3.8, 4) is 0 Å². The van der Waals surface area contributed by atoms with Gasteiger partial charge >= 0.3 is 0 Å². The van der Waals surface area contributed by atoms with Crippen LogP contribution in [0.1, 0.15) is 30.3 Å². The van der Waals surface area contributed by atoms with Crippen LogP contribution >= 0.6 is 27.5 Å². The summed E-state index contributed by atoms with van der Waals surface area (Å²) in [6, 6.07) is 3.47. The fourth-order valence-corrected chi connectivity index (χ4v) is 1.94. The van der Waals surface area contributed by atoms with Gasteiger partial charge < -0.3 is 5.32 Å². The van der Waals surface area contributed by atoms with Gasteiger partial charge in [0.25, 0.3) is 5.91 Å². The molecule has 0 aromatic carbocycles. The Balaban J connectivity index is 2.60. The molecule has 1 atom stereocenters. The van der Waals surface area contributed by atoms with Crippen molar-refractivity contribution in [3.05, 3.63) is 29.0 Å². The summed E-state index contributed by atoms with van der Waals surface area (Å²) in [4.78, 5) is 15.7. The molecule has 1 aromatic rings. The molecule has 0 radical (unpaired) electrons. The second-order valence-electron chi connectivity index (χ2n) is 3.42. The zero-order chi connectivity index (χ0) is 12.0. The largest absolute Gasteiger partial charge is 0.348 e. The minimum Gasteiger partial charge on any atom is -0.348 e. The number of carbonyl (C=O) groups excluding carboxylic acids is 1. The van der Waals surface area contributed by atoms with Gasteiger partial charge in [0.05, 0.1) is 5.02 Å². The van der Waals surface area contributed by atoms with Crippen molar-refractivity contribution in [2.24, 2.45) is 0 Å². The third-order valence-corrected chi connectivity index (χ3v) is 2.93. The van der Waals surface area contributed by atoms with Gasteiger partial charge in [0.15, 0.2) is 0 Å². The van der Waals surface area contributed by atoms with E-state index in [2.05, 4.69) is 26.2 Å². The van der Waals surface area contributed by atoms with E-state index in [1.807, 2.05) is 6.92 Å². The third-order valence-electron chi connectivity index (χ3n) is 2.25. The van der Waals surface area contributed by atoms with Crippen LogP contribution in [0.4, 0.5) is 0 Å². The van der Waals surface area contributed by atoms with Crippen LogP contribution in [0, 0.1) is 0 Å². The van der Waals surface area contributed by atoms with E-state index in [4.69, 9.17) is 11.6 Å². The molecule has 0 aliphatic heterocycles. The van der Waals surface area contributed by atoms with Crippen LogP contribution in [-0.2, 0) is 0 Å². The van der Waals surface area contributed by atoms with E-state index in [1.165, 1.54) is 6.20 Å². The summed E-state index contributed by atoms with van der Waals surface area (Å²) in [5, 5.41) is 4.34. The van der Waals surface area contributed by atoms with Crippen molar-refractivity contribution >= 4 is 33.4 Å². The second kappa shape index (κ2) is 6.86. The van der Waals surface area contributed by atoms with Gasteiger partial charge in [-0.1, -0.05) is 34.5 Å². The molecule has 88 valence electrons. The van der Waals surface area contributed by atoms with Crippen molar-refractivity contribution in [3.63, 3.8) is 0 Å². The normalized spacial score (nSPS) is 12.2. The molecule has 0 saturated carbocycles. The zero-order valence-corrected chi connectivity index (χ0v) is 11.4. The first-order valence-corrected chi connectivity index (χ1v) is 6.65. The van der Waals surface area contributed by atoms with Gasteiger partial charge in [0, 0.05) is 17.6 Å². The molecule has 0 spiro atoms. The van der Waals surface area contributed by atoms with Gasteiger partial charge in [-0.25, -0.2) is 4.98 Å². The highest BCUT2D eigenvalue weighted by Gasteiger charge is 2.12. The number of amides is 1. The van der Waals surface area contributed by atoms with E-state index in [0.29, 0.717) is 10.7 Å². The van der Waals surface area contributed by atoms with Gasteiger partial charge in [0.2, 0.25) is 0 Å². The van der Waals surface area contributed by atoms with Crippen molar-refractivity contribution < 1.29 is 4.79 Å². The van der Waals surface area contributed by atoms with E-state index in [0.717, 1.165) is 18.2 Å². The number of nitrogens with zero attached hydrogens (tertiary/aromatic N) is 1. The molecule has 5 heteroatoms. The van der Waals surface area contributed by atoms with Crippen molar-refractivity contribution in [2.45, 2.75) is 25.8 Å². The summed E-state index contributed by atoms with van der Waals surface area (Å²) in [5.41, 5.74) is 0.400. The van der Waals surface area contributed by atoms with Crippen LogP contribution < -0.4 is 5.32 Å². The Labute approximate surface area is 109 Å². The third kappa shape index (κ3) is 4.10. The van der Waals surface area contributed by atoms with E-state index in [-0.39, 0.29) is 11.9 Å². The molecule has 16 heavy (non-hydrogen) atoms. The Morgan fingerprint density at radius 2 is 2.38 bits per heavy atom. The van der Waals surface area contributed by atoms with Crippen molar-refractivity contribution in [1.82, 2.24) is 10.3 Å². The predicted octanol–water partition coefficient (Wildman–Crippen LogP) is 3.03. The van der Waals surface area contributed by atoms with Gasteiger partial charge in [-0.05, 0) is 25.0 Å². The maximum atomic E-state index is 11.8. The van der Waals surface area contributed by atoms with Crippen molar-refractivity contribution in [1.29, 1.82) is 0 Å². The molecule has 1 heterocycles. The molecule has 1 rings (SSSR count). The SMILES string of the molecule is CCC(CCBr)NC(=O)c1ccc(Cl)cn1. The number of pyridine rings is 1. The molecule has 1 aromatic heterocycles. The molecular weight excluding hydrogens is 291 g/mol. The lowest BCUT2D eigenvalue weighted by Crippen LogP contribution is -2.35. The van der Waals surface area contributed by atoms with E-state index in [1.54, 1.807) is 12.1 Å². The predicted molar refractivity (Wildman–Crippen MR) is 69.2 cm³/mol. The number of halogens is 2. The van der Waals surface area contributed by atoms with Gasteiger partial charge in [-0.15, -0.1) is 0 Å². The van der Waals surface area contributed by atoms with Gasteiger partial charge in [-0.2, -0.15) is 0 Å². The molecule has 1 N–H and O–H groups in total. The minimum absolute atomic E-state index is 0.149. The Morgan fingerprint density at radius 1 is 1.62 bits per heavy atom. The molecule has 1 unspecified atom stereocenters. The Morgan fingerprint density at radius 3 is 2.88 bits per heavy atom. The van der Waals surface area contributed by atoms with Crippen LogP contribution in [0.25, 0.3) is 0 Å². The maximum Gasteiger partial charge on any atom is 0.270 e. The maximum absolute atomic E-state index is 11.8. The Bertz CT molecular complexity index is 342. The summed E-state index contributed by atoms with van der Waals surface area (Å²) in [6.07, 6.45) is 3.29. The summed E-state index contributed by atoms with van der Waals surface area (Å²) in [6.45, 7) is 2.04. The smallest absolute Gasteiger partial charge is 0.270 e. The first-order valence-electron chi connectivity index (χ1n) is 5.15. The molecule has 0 aliphatic rings. The average molecular weight is 306 g/mol. The summed E-state index contributed by atoms with van der Waals surface area (Å²) >= 11 is 9.06. The number of nitrogens with one attached hydrogen (secondary N) is 1. The van der Waals surface area contributed by atoms with Crippen LogP contribution in [0.5, 0.6) is 0 Å². The topological polar surface area (TPSA) is 42.0 Å². The van der Waals surface area contributed by atoms with Gasteiger partial charge in [-0.3, -0.25) is 4.79 Å². The summed E-state index contributed by atoms with van der Waals surface area (Å²) in [7, 11) is 0. The highest BCUT2D eigenvalue weighted by molar-refractivity contribution is 9.09. The van der Waals surface area contributed by atoms with E-state index in [9.17, 15) is 4.79 Å². The number of rotatable bonds is 5. The molecule has 0 fully saturated rings. The number of aromatic nitrogens is 1. The Hall–Kier alpha value is -0.610. The van der Waals surface area contributed by atoms with Crippen molar-refractivity contribution in [2.75, 3.05) is 5.33 Å². The van der Waals surface area contributed by atoms with E-state index < -0.39 is 0 Å². The molecular formula is C11H14BrClN2O. The molecule has 0 bridgehead atoms. The molecule has 0 aliphatic carbocycles. The first-order chi connectivity index (χ1) is 7.67. The van der Waals surface area contributed by atoms with Crippen LogP contribution in [0.15, 0.2) is 18.3 Å². The zero-order valence-electron chi connectivity index (χ0n) is 9.04. The van der Waals surface area contributed by atoms with Crippen LogP contribution in [-0.4, -0.2) is 22.3 Å². The highest BCUT2D eigenvalue weighted by atomic mass is 79.9. The minimum atomic E-state index is -0.149. The lowest BCUT2D eigenvalue weighted by atomic mass is 10.1. The standard InChI is InChI=1S/C11H14BrClN2O/c1-2-9(5-6-12)15-11(16)10-4-3-8(13)7-14-10/h3-4,7,9H,2,5-6H2,1H3,(H,15,16). The first kappa shape index (κ1) is 13.5. The number of hydrogen-bond donors (Lipinski definition) is 1. The second-order valence-corrected chi connectivity index (χ2v) is 4.65. The number of hydrogen-bond acceptors (Lipinski definition) is 2. The van der Waals surface area contributed by atoms with E-state index >= 15 is 0 Å². The number of alkyl halides is 1. The summed E-state index contributed by atoms with van der Waals surface area (Å²) < 4.78 is 0. The lowest BCUT2D eigenvalue weighted by Gasteiger charge is -2.15. The highest BCUT2D eigenvalue weighted by Crippen LogP contribution is 2.07. The summed E-state index contributed by atoms with van der Waals surface area (Å²) in [5.74, 6) is -0.149. The molecule has 3 nitrogen and oxygen atoms in total. The van der Waals surface area contributed by atoms with Crippen LogP contribution in [0.3, 0.4) is 0 Å². The number of carbonyl (C=O) groups is 1. The fraction of sp³-hybridized carbons (Fsp3) is 0.455. The molecule has 0 saturated heterocycles. The average Bonchev–Trinajstić information content (AvgIpc) is 2.29. The monoisotopic (exact) mass is 304 g/mol. The van der Waals surface area contributed by atoms with Gasteiger partial charge in [0.1, 0.15) is 5.69 Å². The molecule has 1 amide bonds. The Kier molecular flexibility index (Phi) is 5.77. The lowest BCUT2D eigenvalue weighted by molar-refractivity contribution is 0.0930.